The lowest BCUT2D eigenvalue weighted by atomic mass is 9.84. The first-order valence-corrected chi connectivity index (χ1v) is 11.6. The van der Waals surface area contributed by atoms with E-state index in [0.29, 0.717) is 12.1 Å². The van der Waals surface area contributed by atoms with Gasteiger partial charge in [0.1, 0.15) is 18.1 Å². The molecule has 2 aliphatic rings. The largest absolute Gasteiger partial charge is 0.402 e. The molecule has 2 unspecified atom stereocenters. The van der Waals surface area contributed by atoms with Crippen molar-refractivity contribution >= 4 is 21.8 Å². The van der Waals surface area contributed by atoms with Crippen molar-refractivity contribution in [3.63, 3.8) is 0 Å². The van der Waals surface area contributed by atoms with Gasteiger partial charge >= 0.3 is 0 Å². The van der Waals surface area contributed by atoms with Crippen LogP contribution in [0.3, 0.4) is 0 Å². The molecule has 8 heteroatoms. The van der Waals surface area contributed by atoms with E-state index in [2.05, 4.69) is 15.9 Å². The van der Waals surface area contributed by atoms with E-state index in [1.54, 1.807) is 21.7 Å². The molecule has 2 heterocycles. The number of amides is 1. The molecule has 0 bridgehead atoms. The predicted octanol–water partition coefficient (Wildman–Crippen LogP) is 4.94. The van der Waals surface area contributed by atoms with Gasteiger partial charge in [-0.05, 0) is 55.0 Å². The third-order valence-corrected chi connectivity index (χ3v) is 7.13. The van der Waals surface area contributed by atoms with Gasteiger partial charge in [-0.2, -0.15) is 5.10 Å². The summed E-state index contributed by atoms with van der Waals surface area (Å²) in [5.74, 6) is -0.404. The highest BCUT2D eigenvalue weighted by Crippen LogP contribution is 2.45. The molecule has 2 aromatic carbocycles. The quantitative estimate of drug-likeness (QED) is 0.539. The second-order valence-electron chi connectivity index (χ2n) is 8.96. The number of nitrogens with zero attached hydrogens (tertiary/aromatic N) is 3. The van der Waals surface area contributed by atoms with Crippen LogP contribution in [0, 0.1) is 11.2 Å². The average Bonchev–Trinajstić information content (AvgIpc) is 3.45. The molecule has 33 heavy (non-hydrogen) atoms. The van der Waals surface area contributed by atoms with E-state index in [4.69, 9.17) is 15.6 Å². The van der Waals surface area contributed by atoms with Crippen molar-refractivity contribution in [3.8, 4) is 16.9 Å². The first kappa shape index (κ1) is 21.9. The van der Waals surface area contributed by atoms with Gasteiger partial charge in [-0.25, -0.2) is 9.07 Å². The molecular formula is C25H24BrFN4O2. The second kappa shape index (κ2) is 8.11. The van der Waals surface area contributed by atoms with E-state index in [1.165, 1.54) is 12.1 Å². The van der Waals surface area contributed by atoms with Crippen LogP contribution in [-0.4, -0.2) is 33.2 Å². The Bertz CT molecular complexity index is 1230. The summed E-state index contributed by atoms with van der Waals surface area (Å²) in [6, 6.07) is 13.8. The maximum atomic E-state index is 13.6. The lowest BCUT2D eigenvalue weighted by Crippen LogP contribution is -2.46. The summed E-state index contributed by atoms with van der Waals surface area (Å²) < 4.78 is 22.4. The number of halogens is 2. The van der Waals surface area contributed by atoms with E-state index in [1.807, 2.05) is 50.4 Å². The number of rotatable bonds is 4. The lowest BCUT2D eigenvalue weighted by molar-refractivity contribution is -0.132. The van der Waals surface area contributed by atoms with Gasteiger partial charge in [0.25, 0.3) is 5.91 Å². The SMILES string of the molecule is CC1(C)C(N)=CCC1N1C(=O)COC1c1cn(-c2ccc(Br)cc2)nc1-c1ccc(F)cc1. The number of ether oxygens (including phenoxy) is 1. The molecule has 6 nitrogen and oxygen atoms in total. The van der Waals surface area contributed by atoms with Crippen LogP contribution in [0.4, 0.5) is 4.39 Å². The highest BCUT2D eigenvalue weighted by Gasteiger charge is 2.48. The maximum absolute atomic E-state index is 13.6. The summed E-state index contributed by atoms with van der Waals surface area (Å²) in [6.07, 6.45) is 3.92. The van der Waals surface area contributed by atoms with E-state index in [-0.39, 0.29) is 29.8 Å². The number of hydrogen-bond donors (Lipinski definition) is 1. The zero-order valence-corrected chi connectivity index (χ0v) is 19.9. The van der Waals surface area contributed by atoms with Gasteiger partial charge in [-0.3, -0.25) is 4.79 Å². The van der Waals surface area contributed by atoms with Crippen molar-refractivity contribution in [3.05, 3.63) is 82.4 Å². The zero-order valence-electron chi connectivity index (χ0n) is 18.3. The fourth-order valence-corrected chi connectivity index (χ4v) is 4.85. The molecular weight excluding hydrogens is 487 g/mol. The minimum atomic E-state index is -0.620. The molecule has 1 amide bonds. The van der Waals surface area contributed by atoms with Crippen molar-refractivity contribution in [2.24, 2.45) is 11.1 Å². The van der Waals surface area contributed by atoms with Crippen molar-refractivity contribution in [1.82, 2.24) is 14.7 Å². The Kier molecular flexibility index (Phi) is 5.37. The molecule has 0 radical (unpaired) electrons. The third-order valence-electron chi connectivity index (χ3n) is 6.60. The Morgan fingerprint density at radius 2 is 1.85 bits per heavy atom. The standard InChI is InChI=1S/C25H24BrFN4O2/c1-25(2)20(28)11-12-21(25)31-22(32)14-33-24(31)19-13-30(18-9-5-16(26)6-10-18)29-23(19)15-3-7-17(27)8-4-15/h3-11,13,21,24H,12,14,28H2,1-2H3. The number of aromatic nitrogens is 2. The summed E-state index contributed by atoms with van der Waals surface area (Å²) in [5, 5.41) is 4.82. The van der Waals surface area contributed by atoms with Crippen LogP contribution in [0.1, 0.15) is 32.1 Å². The molecule has 1 aliphatic heterocycles. The number of benzene rings is 2. The van der Waals surface area contributed by atoms with Crippen molar-refractivity contribution in [2.45, 2.75) is 32.5 Å². The monoisotopic (exact) mass is 510 g/mol. The minimum absolute atomic E-state index is 0.0104. The topological polar surface area (TPSA) is 73.4 Å². The Morgan fingerprint density at radius 3 is 2.48 bits per heavy atom. The Balaban J connectivity index is 1.62. The van der Waals surface area contributed by atoms with Gasteiger partial charge in [-0.1, -0.05) is 35.9 Å². The molecule has 0 saturated carbocycles. The van der Waals surface area contributed by atoms with E-state index >= 15 is 0 Å². The molecule has 0 spiro atoms. The first-order chi connectivity index (χ1) is 15.8. The molecule has 1 aromatic heterocycles. The smallest absolute Gasteiger partial charge is 0.251 e. The molecule has 170 valence electrons. The van der Waals surface area contributed by atoms with E-state index in [0.717, 1.165) is 27.0 Å². The third kappa shape index (κ3) is 3.77. The predicted molar refractivity (Wildman–Crippen MR) is 127 cm³/mol. The van der Waals surface area contributed by atoms with Gasteiger partial charge in [0, 0.05) is 39.0 Å². The Morgan fingerprint density at radius 1 is 1.15 bits per heavy atom. The molecule has 5 rings (SSSR count). The number of hydrogen-bond acceptors (Lipinski definition) is 4. The second-order valence-corrected chi connectivity index (χ2v) is 9.87. The first-order valence-electron chi connectivity index (χ1n) is 10.8. The highest BCUT2D eigenvalue weighted by molar-refractivity contribution is 9.10. The number of carbonyl (C=O) groups excluding carboxylic acids is 1. The van der Waals surface area contributed by atoms with Gasteiger partial charge < -0.3 is 15.4 Å². The summed E-state index contributed by atoms with van der Waals surface area (Å²) in [4.78, 5) is 14.8. The normalized spacial score (nSPS) is 22.1. The fraction of sp³-hybridized carbons (Fsp3) is 0.280. The average molecular weight is 511 g/mol. The maximum Gasteiger partial charge on any atom is 0.251 e. The van der Waals surface area contributed by atoms with Crippen LogP contribution in [0.2, 0.25) is 0 Å². The molecule has 1 fully saturated rings. The molecule has 2 atom stereocenters. The highest BCUT2D eigenvalue weighted by atomic mass is 79.9. The van der Waals surface area contributed by atoms with Gasteiger partial charge in [-0.15, -0.1) is 0 Å². The van der Waals surface area contributed by atoms with E-state index in [9.17, 15) is 9.18 Å². The summed E-state index contributed by atoms with van der Waals surface area (Å²) in [6.45, 7) is 4.08. The van der Waals surface area contributed by atoms with Crippen molar-refractivity contribution in [1.29, 1.82) is 0 Å². The van der Waals surface area contributed by atoms with E-state index < -0.39 is 6.23 Å². The summed E-state index contributed by atoms with van der Waals surface area (Å²) in [5.41, 5.74) is 9.64. The zero-order chi connectivity index (χ0) is 23.3. The molecule has 1 saturated heterocycles. The molecule has 3 aromatic rings. The number of carbonyl (C=O) groups is 1. The minimum Gasteiger partial charge on any atom is -0.402 e. The van der Waals surface area contributed by atoms with Crippen molar-refractivity contribution < 1.29 is 13.9 Å². The molecule has 2 N–H and O–H groups in total. The molecule has 1 aliphatic carbocycles. The number of nitrogens with two attached hydrogens (primary N) is 1. The summed E-state index contributed by atoms with van der Waals surface area (Å²) >= 11 is 3.46. The van der Waals surface area contributed by atoms with Gasteiger partial charge in [0.2, 0.25) is 0 Å². The van der Waals surface area contributed by atoms with Crippen molar-refractivity contribution in [2.75, 3.05) is 6.61 Å². The van der Waals surface area contributed by atoms with Crippen LogP contribution in [0.5, 0.6) is 0 Å². The Labute approximate surface area is 200 Å². The van der Waals surface area contributed by atoms with Crippen LogP contribution in [0.25, 0.3) is 16.9 Å². The van der Waals surface area contributed by atoms with Crippen LogP contribution < -0.4 is 5.73 Å². The van der Waals surface area contributed by atoms with Crippen LogP contribution in [0.15, 0.2) is 71.0 Å². The lowest BCUT2D eigenvalue weighted by Gasteiger charge is -2.38. The van der Waals surface area contributed by atoms with Gasteiger partial charge in [0.05, 0.1) is 5.69 Å². The van der Waals surface area contributed by atoms with Gasteiger partial charge in [0.15, 0.2) is 6.23 Å². The summed E-state index contributed by atoms with van der Waals surface area (Å²) in [7, 11) is 0. The van der Waals surface area contributed by atoms with Crippen LogP contribution in [-0.2, 0) is 9.53 Å². The van der Waals surface area contributed by atoms with Crippen LogP contribution >= 0.6 is 15.9 Å². The fourth-order valence-electron chi connectivity index (χ4n) is 4.59. The Hall–Kier alpha value is -2.97.